The molecule has 0 aliphatic carbocycles. The lowest BCUT2D eigenvalue weighted by Crippen LogP contribution is -2.36. The Labute approximate surface area is 92.5 Å². The summed E-state index contributed by atoms with van der Waals surface area (Å²) in [6.07, 6.45) is 0.640. The Morgan fingerprint density at radius 2 is 1.27 bits per heavy atom. The molecule has 0 bridgehead atoms. The van der Waals surface area contributed by atoms with Crippen molar-refractivity contribution in [2.45, 2.75) is 32.5 Å². The summed E-state index contributed by atoms with van der Waals surface area (Å²) in [4.78, 5) is 4.60. The van der Waals surface area contributed by atoms with E-state index in [9.17, 15) is 10.2 Å². The van der Waals surface area contributed by atoms with E-state index >= 15 is 0 Å². The summed E-state index contributed by atoms with van der Waals surface area (Å²) in [7, 11) is 0. The van der Waals surface area contributed by atoms with Crippen LogP contribution in [0.3, 0.4) is 0 Å². The number of aliphatic hydroxyl groups is 2. The third kappa shape index (κ3) is 5.47. The molecule has 1 rings (SSSR count). The first-order chi connectivity index (χ1) is 7.08. The van der Waals surface area contributed by atoms with Gasteiger partial charge in [0.05, 0.1) is 12.2 Å². The second-order valence-corrected chi connectivity index (χ2v) is 4.65. The molecule has 0 aromatic heterocycles. The lowest BCUT2D eigenvalue weighted by Gasteiger charge is -2.23. The van der Waals surface area contributed by atoms with Crippen LogP contribution in [-0.4, -0.2) is 71.5 Å². The molecule has 0 spiro atoms. The quantitative estimate of drug-likeness (QED) is 0.681. The highest BCUT2D eigenvalue weighted by molar-refractivity contribution is 4.72. The van der Waals surface area contributed by atoms with Gasteiger partial charge in [0.1, 0.15) is 0 Å². The van der Waals surface area contributed by atoms with Crippen molar-refractivity contribution in [2.24, 2.45) is 0 Å². The van der Waals surface area contributed by atoms with Gasteiger partial charge in [0.2, 0.25) is 0 Å². The zero-order chi connectivity index (χ0) is 11.3. The van der Waals surface area contributed by atoms with Crippen LogP contribution in [0.1, 0.15) is 20.3 Å². The van der Waals surface area contributed by atoms with Gasteiger partial charge in [-0.25, -0.2) is 0 Å². The van der Waals surface area contributed by atoms with Crippen molar-refractivity contribution in [3.05, 3.63) is 0 Å². The Bertz CT molecular complexity index is 156. The van der Waals surface area contributed by atoms with E-state index in [1.807, 2.05) is 13.8 Å². The summed E-state index contributed by atoms with van der Waals surface area (Å²) >= 11 is 0. The third-order valence-electron chi connectivity index (χ3n) is 2.73. The van der Waals surface area contributed by atoms with Crippen molar-refractivity contribution in [1.29, 1.82) is 0 Å². The molecule has 0 amide bonds. The van der Waals surface area contributed by atoms with E-state index in [0.29, 0.717) is 0 Å². The molecular formula is C11H24N2O2. The van der Waals surface area contributed by atoms with E-state index in [1.165, 1.54) is 0 Å². The van der Waals surface area contributed by atoms with Crippen LogP contribution in [0.2, 0.25) is 0 Å². The van der Waals surface area contributed by atoms with E-state index in [0.717, 1.165) is 45.7 Å². The highest BCUT2D eigenvalue weighted by Gasteiger charge is 2.16. The first kappa shape index (κ1) is 12.9. The van der Waals surface area contributed by atoms with Gasteiger partial charge in [-0.3, -0.25) is 9.80 Å². The molecule has 90 valence electrons. The van der Waals surface area contributed by atoms with Gasteiger partial charge in [0.25, 0.3) is 0 Å². The fourth-order valence-corrected chi connectivity index (χ4v) is 2.14. The highest BCUT2D eigenvalue weighted by atomic mass is 16.3. The van der Waals surface area contributed by atoms with Crippen molar-refractivity contribution in [3.63, 3.8) is 0 Å². The molecule has 1 fully saturated rings. The minimum Gasteiger partial charge on any atom is -0.392 e. The number of hydrogen-bond acceptors (Lipinski definition) is 4. The molecule has 2 unspecified atom stereocenters. The van der Waals surface area contributed by atoms with Gasteiger partial charge in [-0.1, -0.05) is 0 Å². The largest absolute Gasteiger partial charge is 0.392 e. The predicted molar refractivity (Wildman–Crippen MR) is 60.9 cm³/mol. The summed E-state index contributed by atoms with van der Waals surface area (Å²) in [5, 5.41) is 18.6. The van der Waals surface area contributed by atoms with Gasteiger partial charge in [0, 0.05) is 26.2 Å². The van der Waals surface area contributed by atoms with E-state index in [4.69, 9.17) is 0 Å². The third-order valence-corrected chi connectivity index (χ3v) is 2.73. The number of rotatable bonds is 4. The second-order valence-electron chi connectivity index (χ2n) is 4.65. The predicted octanol–water partition coefficient (Wildman–Crippen LogP) is -0.244. The van der Waals surface area contributed by atoms with Gasteiger partial charge in [0.15, 0.2) is 0 Å². The zero-order valence-corrected chi connectivity index (χ0v) is 9.89. The fourth-order valence-electron chi connectivity index (χ4n) is 2.14. The molecule has 1 aliphatic heterocycles. The molecule has 1 saturated heterocycles. The van der Waals surface area contributed by atoms with Crippen molar-refractivity contribution in [2.75, 3.05) is 39.3 Å². The topological polar surface area (TPSA) is 46.9 Å². The number of β-amino-alcohol motifs (C(OH)–C–C–N with tert-alkyl or cyclic N) is 2. The van der Waals surface area contributed by atoms with Crippen LogP contribution in [0.25, 0.3) is 0 Å². The van der Waals surface area contributed by atoms with Crippen LogP contribution in [0.4, 0.5) is 0 Å². The van der Waals surface area contributed by atoms with Crippen LogP contribution in [0.15, 0.2) is 0 Å². The first-order valence-electron chi connectivity index (χ1n) is 5.88. The summed E-state index contributed by atoms with van der Waals surface area (Å²) in [6, 6.07) is 0. The van der Waals surface area contributed by atoms with Crippen molar-refractivity contribution in [3.8, 4) is 0 Å². The van der Waals surface area contributed by atoms with Gasteiger partial charge < -0.3 is 10.2 Å². The minimum atomic E-state index is -0.242. The average molecular weight is 216 g/mol. The molecule has 4 nitrogen and oxygen atoms in total. The molecule has 1 aliphatic rings. The van der Waals surface area contributed by atoms with Crippen LogP contribution >= 0.6 is 0 Å². The Balaban J connectivity index is 2.28. The Hall–Kier alpha value is -0.160. The normalized spacial score (nSPS) is 24.8. The molecule has 4 heteroatoms. The second kappa shape index (κ2) is 6.43. The molecule has 1 heterocycles. The van der Waals surface area contributed by atoms with Crippen molar-refractivity contribution in [1.82, 2.24) is 9.80 Å². The lowest BCUT2D eigenvalue weighted by molar-refractivity contribution is 0.116. The molecule has 2 atom stereocenters. The van der Waals surface area contributed by atoms with E-state index < -0.39 is 0 Å². The van der Waals surface area contributed by atoms with Gasteiger partial charge >= 0.3 is 0 Å². The minimum absolute atomic E-state index is 0.242. The lowest BCUT2D eigenvalue weighted by atomic mass is 10.3. The summed E-state index contributed by atoms with van der Waals surface area (Å²) in [5.74, 6) is 0. The van der Waals surface area contributed by atoms with Crippen LogP contribution in [0, 0.1) is 0 Å². The monoisotopic (exact) mass is 216 g/mol. The highest BCUT2D eigenvalue weighted by Crippen LogP contribution is 2.04. The van der Waals surface area contributed by atoms with Gasteiger partial charge in [-0.05, 0) is 33.4 Å². The van der Waals surface area contributed by atoms with E-state index in [2.05, 4.69) is 9.80 Å². The van der Waals surface area contributed by atoms with Crippen molar-refractivity contribution >= 4 is 0 Å². The van der Waals surface area contributed by atoms with Crippen molar-refractivity contribution < 1.29 is 10.2 Å². The number of hydrogen-bond donors (Lipinski definition) is 2. The Kier molecular flexibility index (Phi) is 5.53. The molecule has 2 N–H and O–H groups in total. The maximum atomic E-state index is 9.31. The number of aliphatic hydroxyl groups excluding tert-OH is 2. The van der Waals surface area contributed by atoms with Crippen LogP contribution < -0.4 is 0 Å². The van der Waals surface area contributed by atoms with Gasteiger partial charge in [-0.2, -0.15) is 0 Å². The number of nitrogens with zero attached hydrogens (tertiary/aromatic N) is 2. The molecule has 15 heavy (non-hydrogen) atoms. The molecule has 0 saturated carbocycles. The molecule has 0 aromatic rings. The first-order valence-corrected chi connectivity index (χ1v) is 5.88. The zero-order valence-electron chi connectivity index (χ0n) is 9.89. The maximum Gasteiger partial charge on any atom is 0.0639 e. The molecular weight excluding hydrogens is 192 g/mol. The summed E-state index contributed by atoms with van der Waals surface area (Å²) in [6.45, 7) is 9.31. The average Bonchev–Trinajstić information content (AvgIpc) is 2.29. The summed E-state index contributed by atoms with van der Waals surface area (Å²) < 4.78 is 0. The van der Waals surface area contributed by atoms with Crippen LogP contribution in [-0.2, 0) is 0 Å². The molecule has 0 aromatic carbocycles. The Morgan fingerprint density at radius 3 is 1.60 bits per heavy atom. The fraction of sp³-hybridized carbons (Fsp3) is 1.00. The standard InChI is InChI=1S/C11H24N2O2/c1-10(14)8-12-4-3-5-13(7-6-12)9-11(2)15/h10-11,14-15H,3-9H2,1-2H3. The molecule has 0 radical (unpaired) electrons. The maximum absolute atomic E-state index is 9.31. The van der Waals surface area contributed by atoms with Crippen LogP contribution in [0.5, 0.6) is 0 Å². The van der Waals surface area contributed by atoms with Gasteiger partial charge in [-0.15, -0.1) is 0 Å². The Morgan fingerprint density at radius 1 is 0.867 bits per heavy atom. The van der Waals surface area contributed by atoms with E-state index in [-0.39, 0.29) is 12.2 Å². The van der Waals surface area contributed by atoms with E-state index in [1.54, 1.807) is 0 Å². The summed E-state index contributed by atoms with van der Waals surface area (Å²) in [5.41, 5.74) is 0. The SMILES string of the molecule is CC(O)CN1CCCN(CC(C)O)CC1. The smallest absolute Gasteiger partial charge is 0.0639 e.